The number of rotatable bonds is 1. The van der Waals surface area contributed by atoms with Gasteiger partial charge in [-0.15, -0.1) is 11.8 Å². The summed E-state index contributed by atoms with van der Waals surface area (Å²) < 4.78 is 0. The van der Waals surface area contributed by atoms with Crippen molar-refractivity contribution in [3.8, 4) is 0 Å². The number of hydrogen-bond donors (Lipinski definition) is 0. The van der Waals surface area contributed by atoms with Gasteiger partial charge in [-0.1, -0.05) is 12.2 Å². The lowest BCUT2D eigenvalue weighted by atomic mass is 10.2. The minimum Gasteiger partial charge on any atom is -0.295 e. The van der Waals surface area contributed by atoms with E-state index in [0.717, 1.165) is 11.3 Å². The molecule has 10 heavy (non-hydrogen) atoms. The minimum absolute atomic E-state index is 0.191. The summed E-state index contributed by atoms with van der Waals surface area (Å²) in [5.41, 5.74) is 0.926. The van der Waals surface area contributed by atoms with Crippen molar-refractivity contribution in [1.29, 1.82) is 0 Å². The second kappa shape index (κ2) is 3.06. The molecule has 0 amide bonds. The average Bonchev–Trinajstić information content (AvgIpc) is 1.88. The Morgan fingerprint density at radius 2 is 2.30 bits per heavy atom. The van der Waals surface area contributed by atoms with E-state index in [0.29, 0.717) is 0 Å². The second-order valence-corrected chi connectivity index (χ2v) is 3.54. The summed E-state index contributed by atoms with van der Waals surface area (Å²) in [7, 11) is 0. The first-order chi connectivity index (χ1) is 4.70. The summed E-state index contributed by atoms with van der Waals surface area (Å²) in [4.78, 5) is 12.1. The Bertz CT molecular complexity index is 213. The van der Waals surface area contributed by atoms with Crippen molar-refractivity contribution in [1.82, 2.24) is 0 Å². The van der Waals surface area contributed by atoms with Crippen LogP contribution in [0, 0.1) is 0 Å². The maximum Gasteiger partial charge on any atom is 0.156 e. The average molecular weight is 154 g/mol. The summed E-state index contributed by atoms with van der Waals surface area (Å²) in [6, 6.07) is 0. The first-order valence-corrected chi connectivity index (χ1v) is 4.20. The number of Topliss-reactive ketones (excluding diaryl/α,β-unsaturated/α-hetero) is 1. The van der Waals surface area contributed by atoms with Crippen LogP contribution >= 0.6 is 11.8 Å². The minimum atomic E-state index is 0.191. The first kappa shape index (κ1) is 7.61. The van der Waals surface area contributed by atoms with Gasteiger partial charge in [0.15, 0.2) is 5.78 Å². The number of ketones is 1. The van der Waals surface area contributed by atoms with Crippen LogP contribution in [0.2, 0.25) is 0 Å². The van der Waals surface area contributed by atoms with Crippen molar-refractivity contribution in [3.05, 3.63) is 22.6 Å². The van der Waals surface area contributed by atoms with Gasteiger partial charge in [0.25, 0.3) is 0 Å². The molecule has 1 nitrogen and oxygen atoms in total. The third kappa shape index (κ3) is 1.74. The first-order valence-electron chi connectivity index (χ1n) is 3.21. The molecular weight excluding hydrogens is 144 g/mol. The lowest BCUT2D eigenvalue weighted by molar-refractivity contribution is -0.113. The van der Waals surface area contributed by atoms with Crippen LogP contribution in [0.1, 0.15) is 13.8 Å². The largest absolute Gasteiger partial charge is 0.295 e. The predicted octanol–water partition coefficient (Wildman–Crippen LogP) is 2.15. The van der Waals surface area contributed by atoms with Crippen LogP contribution < -0.4 is 0 Å². The normalized spacial score (nSPS) is 17.8. The molecule has 0 bridgehead atoms. The van der Waals surface area contributed by atoms with E-state index >= 15 is 0 Å². The molecule has 0 spiro atoms. The zero-order valence-corrected chi connectivity index (χ0v) is 6.99. The summed E-state index contributed by atoms with van der Waals surface area (Å²) in [5, 5.41) is 0. The van der Waals surface area contributed by atoms with Crippen LogP contribution in [0.3, 0.4) is 0 Å². The standard InChI is InChI=1S/C8H10OS/c1-6-3-4-8(5-10-6)7(2)9/h3-4H,5H2,1-2H3. The van der Waals surface area contributed by atoms with Crippen molar-refractivity contribution < 1.29 is 4.79 Å². The van der Waals surface area contributed by atoms with Crippen LogP contribution in [-0.2, 0) is 4.79 Å². The third-order valence-corrected chi connectivity index (χ3v) is 2.47. The van der Waals surface area contributed by atoms with E-state index in [-0.39, 0.29) is 5.78 Å². The molecule has 0 saturated heterocycles. The highest BCUT2D eigenvalue weighted by Gasteiger charge is 2.06. The third-order valence-electron chi connectivity index (χ3n) is 1.43. The molecule has 1 rings (SSSR count). The monoisotopic (exact) mass is 154 g/mol. The summed E-state index contributed by atoms with van der Waals surface area (Å²) in [5.74, 6) is 1.04. The smallest absolute Gasteiger partial charge is 0.156 e. The van der Waals surface area contributed by atoms with Gasteiger partial charge in [0.1, 0.15) is 0 Å². The van der Waals surface area contributed by atoms with Gasteiger partial charge in [-0.2, -0.15) is 0 Å². The highest BCUT2D eigenvalue weighted by molar-refractivity contribution is 8.03. The van der Waals surface area contributed by atoms with Gasteiger partial charge in [0.05, 0.1) is 0 Å². The predicted molar refractivity (Wildman–Crippen MR) is 45.0 cm³/mol. The Morgan fingerprint density at radius 1 is 1.60 bits per heavy atom. The molecule has 0 aromatic rings. The maximum absolute atomic E-state index is 10.8. The van der Waals surface area contributed by atoms with Crippen molar-refractivity contribution in [3.63, 3.8) is 0 Å². The van der Waals surface area contributed by atoms with Gasteiger partial charge in [-0.25, -0.2) is 0 Å². The summed E-state index contributed by atoms with van der Waals surface area (Å²) in [6.07, 6.45) is 3.90. The fourth-order valence-electron chi connectivity index (χ4n) is 0.725. The fourth-order valence-corrected chi connectivity index (χ4v) is 1.57. The van der Waals surface area contributed by atoms with Crippen LogP contribution in [0.15, 0.2) is 22.6 Å². The van der Waals surface area contributed by atoms with Gasteiger partial charge in [-0.3, -0.25) is 4.79 Å². The van der Waals surface area contributed by atoms with E-state index in [4.69, 9.17) is 0 Å². The maximum atomic E-state index is 10.8. The van der Waals surface area contributed by atoms with E-state index in [2.05, 4.69) is 6.92 Å². The number of hydrogen-bond acceptors (Lipinski definition) is 2. The van der Waals surface area contributed by atoms with Crippen LogP contribution in [-0.4, -0.2) is 11.5 Å². The molecule has 54 valence electrons. The van der Waals surface area contributed by atoms with Gasteiger partial charge in [0.2, 0.25) is 0 Å². The molecule has 1 aliphatic heterocycles. The molecule has 0 fully saturated rings. The number of allylic oxidation sites excluding steroid dienone is 3. The molecule has 0 unspecified atom stereocenters. The molecule has 0 aliphatic carbocycles. The molecule has 1 heterocycles. The fraction of sp³-hybridized carbons (Fsp3) is 0.375. The summed E-state index contributed by atoms with van der Waals surface area (Å²) in [6.45, 7) is 3.67. The SMILES string of the molecule is CC(=O)C1=CC=C(C)SC1. The number of carbonyl (C=O) groups excluding carboxylic acids is 1. The Morgan fingerprint density at radius 3 is 2.70 bits per heavy atom. The van der Waals surface area contributed by atoms with E-state index in [1.807, 2.05) is 12.2 Å². The highest BCUT2D eigenvalue weighted by Crippen LogP contribution is 2.23. The Kier molecular flexibility index (Phi) is 2.33. The van der Waals surface area contributed by atoms with Crippen molar-refractivity contribution in [2.24, 2.45) is 0 Å². The van der Waals surface area contributed by atoms with Gasteiger partial charge in [-0.05, 0) is 18.8 Å². The molecule has 1 aliphatic rings. The number of carbonyl (C=O) groups is 1. The van der Waals surface area contributed by atoms with Crippen molar-refractivity contribution >= 4 is 17.5 Å². The Hall–Kier alpha value is -0.500. The molecule has 0 aromatic carbocycles. The van der Waals surface area contributed by atoms with Crippen molar-refractivity contribution in [2.45, 2.75) is 13.8 Å². The van der Waals surface area contributed by atoms with Crippen LogP contribution in [0.5, 0.6) is 0 Å². The molecule has 2 heteroatoms. The summed E-state index contributed by atoms with van der Waals surface area (Å²) >= 11 is 1.73. The topological polar surface area (TPSA) is 17.1 Å². The molecule has 0 saturated carbocycles. The molecule has 0 radical (unpaired) electrons. The van der Waals surface area contributed by atoms with Gasteiger partial charge in [0, 0.05) is 11.3 Å². The lowest BCUT2D eigenvalue weighted by Crippen LogP contribution is -2.01. The van der Waals surface area contributed by atoms with E-state index in [1.54, 1.807) is 18.7 Å². The zero-order valence-electron chi connectivity index (χ0n) is 6.18. The molecular formula is C8H10OS. The molecule has 0 N–H and O–H groups in total. The molecule has 0 atom stereocenters. The van der Waals surface area contributed by atoms with Crippen molar-refractivity contribution in [2.75, 3.05) is 5.75 Å². The second-order valence-electron chi connectivity index (χ2n) is 2.31. The van der Waals surface area contributed by atoms with E-state index in [9.17, 15) is 4.79 Å². The van der Waals surface area contributed by atoms with Gasteiger partial charge < -0.3 is 0 Å². The lowest BCUT2D eigenvalue weighted by Gasteiger charge is -2.07. The highest BCUT2D eigenvalue weighted by atomic mass is 32.2. The Balaban J connectivity index is 2.74. The molecule has 0 aromatic heterocycles. The Labute approximate surface area is 65.2 Å². The zero-order chi connectivity index (χ0) is 7.56. The van der Waals surface area contributed by atoms with Gasteiger partial charge >= 0.3 is 0 Å². The van der Waals surface area contributed by atoms with Crippen LogP contribution in [0.4, 0.5) is 0 Å². The number of thioether (sulfide) groups is 1. The quantitative estimate of drug-likeness (QED) is 0.575. The van der Waals surface area contributed by atoms with E-state index in [1.165, 1.54) is 4.91 Å². The van der Waals surface area contributed by atoms with Crippen LogP contribution in [0.25, 0.3) is 0 Å². The van der Waals surface area contributed by atoms with E-state index < -0.39 is 0 Å².